The molecule has 1 nitrogen and oxygen atoms in total. The second-order valence-corrected chi connectivity index (χ2v) is 4.91. The summed E-state index contributed by atoms with van der Waals surface area (Å²) in [6.07, 6.45) is 1.58. The highest BCUT2D eigenvalue weighted by atomic mass is 35.5. The highest BCUT2D eigenvalue weighted by Gasteiger charge is 2.32. The molecule has 2 unspecified atom stereocenters. The molecule has 1 aliphatic rings. The predicted molar refractivity (Wildman–Crippen MR) is 62.6 cm³/mol. The van der Waals surface area contributed by atoms with Crippen LogP contribution >= 0.6 is 23.2 Å². The zero-order valence-corrected chi connectivity index (χ0v) is 9.98. The minimum atomic E-state index is 0.0867. The number of carbonyl (C=O) groups excluding carboxylic acids is 1. The molecular formula is C12H12Cl2O. The summed E-state index contributed by atoms with van der Waals surface area (Å²) in [4.78, 5) is 11.5. The largest absolute Gasteiger partial charge is 0.299 e. The van der Waals surface area contributed by atoms with Crippen LogP contribution in [0.15, 0.2) is 18.2 Å². The van der Waals surface area contributed by atoms with Crippen LogP contribution in [-0.4, -0.2) is 5.78 Å². The lowest BCUT2D eigenvalue weighted by Crippen LogP contribution is -2.09. The summed E-state index contributed by atoms with van der Waals surface area (Å²) >= 11 is 12.0. The van der Waals surface area contributed by atoms with Crippen molar-refractivity contribution in [2.24, 2.45) is 5.92 Å². The van der Waals surface area contributed by atoms with Crippen LogP contribution in [0.5, 0.6) is 0 Å². The van der Waals surface area contributed by atoms with Gasteiger partial charge in [0.15, 0.2) is 0 Å². The Morgan fingerprint density at radius 2 is 2.07 bits per heavy atom. The molecule has 2 atom stereocenters. The zero-order chi connectivity index (χ0) is 11.0. The Morgan fingerprint density at radius 1 is 1.33 bits per heavy atom. The van der Waals surface area contributed by atoms with Gasteiger partial charge in [0.1, 0.15) is 5.78 Å². The average Bonchev–Trinajstić information content (AvgIpc) is 2.49. The molecule has 0 spiro atoms. The summed E-state index contributed by atoms with van der Waals surface area (Å²) in [6.45, 7) is 1.98. The Balaban J connectivity index is 2.34. The van der Waals surface area contributed by atoms with Crippen molar-refractivity contribution < 1.29 is 4.79 Å². The van der Waals surface area contributed by atoms with E-state index >= 15 is 0 Å². The molecule has 0 amide bonds. The Hall–Kier alpha value is -0.530. The van der Waals surface area contributed by atoms with E-state index in [2.05, 4.69) is 0 Å². The molecule has 1 aromatic carbocycles. The average molecular weight is 243 g/mol. The van der Waals surface area contributed by atoms with Crippen molar-refractivity contribution in [1.29, 1.82) is 0 Å². The number of halogens is 2. The Bertz CT molecular complexity index is 401. The summed E-state index contributed by atoms with van der Waals surface area (Å²) in [6, 6.07) is 5.51. The van der Waals surface area contributed by atoms with Crippen molar-refractivity contribution in [2.75, 3.05) is 0 Å². The van der Waals surface area contributed by atoms with Crippen molar-refractivity contribution in [3.8, 4) is 0 Å². The van der Waals surface area contributed by atoms with Crippen LogP contribution in [0.4, 0.5) is 0 Å². The minimum absolute atomic E-state index is 0.0867. The molecule has 0 N–H and O–H groups in total. The van der Waals surface area contributed by atoms with Crippen molar-refractivity contribution >= 4 is 29.0 Å². The third-order valence-electron chi connectivity index (χ3n) is 3.18. The lowest BCUT2D eigenvalue weighted by Gasteiger charge is -2.16. The van der Waals surface area contributed by atoms with E-state index in [0.29, 0.717) is 22.2 Å². The Morgan fingerprint density at radius 3 is 2.60 bits per heavy atom. The first-order valence-corrected chi connectivity index (χ1v) is 5.83. The van der Waals surface area contributed by atoms with Crippen LogP contribution in [0, 0.1) is 5.92 Å². The second-order valence-electron chi connectivity index (χ2n) is 4.07. The van der Waals surface area contributed by atoms with Gasteiger partial charge in [-0.3, -0.25) is 4.79 Å². The fourth-order valence-corrected chi connectivity index (χ4v) is 2.78. The van der Waals surface area contributed by atoms with E-state index in [9.17, 15) is 4.79 Å². The van der Waals surface area contributed by atoms with E-state index in [1.54, 1.807) is 6.07 Å². The molecule has 80 valence electrons. The van der Waals surface area contributed by atoms with Crippen LogP contribution in [-0.2, 0) is 4.79 Å². The van der Waals surface area contributed by atoms with Gasteiger partial charge < -0.3 is 0 Å². The zero-order valence-electron chi connectivity index (χ0n) is 8.47. The molecule has 0 heterocycles. The summed E-state index contributed by atoms with van der Waals surface area (Å²) in [5.74, 6) is 0.692. The maximum atomic E-state index is 11.5. The second kappa shape index (κ2) is 4.15. The monoisotopic (exact) mass is 242 g/mol. The molecule has 0 aromatic heterocycles. The lowest BCUT2D eigenvalue weighted by molar-refractivity contribution is -0.120. The molecule has 0 bridgehead atoms. The first kappa shape index (κ1) is 11.0. The highest BCUT2D eigenvalue weighted by Crippen LogP contribution is 2.40. The highest BCUT2D eigenvalue weighted by molar-refractivity contribution is 6.35. The van der Waals surface area contributed by atoms with Gasteiger partial charge >= 0.3 is 0 Å². The molecular weight excluding hydrogens is 231 g/mol. The van der Waals surface area contributed by atoms with Crippen LogP contribution in [0.2, 0.25) is 10.0 Å². The quantitative estimate of drug-likeness (QED) is 0.726. The fourth-order valence-electron chi connectivity index (χ4n) is 2.23. The van der Waals surface area contributed by atoms with Gasteiger partial charge in [0.05, 0.1) is 0 Å². The van der Waals surface area contributed by atoms with E-state index < -0.39 is 0 Å². The summed E-state index contributed by atoms with van der Waals surface area (Å²) < 4.78 is 0. The number of carbonyl (C=O) groups is 1. The Labute approximate surface area is 99.4 Å². The van der Waals surface area contributed by atoms with Gasteiger partial charge in [-0.1, -0.05) is 36.2 Å². The molecule has 0 radical (unpaired) electrons. The van der Waals surface area contributed by atoms with Crippen molar-refractivity contribution in [3.05, 3.63) is 33.8 Å². The molecule has 1 saturated carbocycles. The Kier molecular flexibility index (Phi) is 3.03. The van der Waals surface area contributed by atoms with E-state index in [-0.39, 0.29) is 11.8 Å². The maximum Gasteiger partial charge on any atom is 0.136 e. The van der Waals surface area contributed by atoms with Crippen LogP contribution in [0.1, 0.15) is 31.2 Å². The van der Waals surface area contributed by atoms with Crippen molar-refractivity contribution in [1.82, 2.24) is 0 Å². The first-order valence-electron chi connectivity index (χ1n) is 5.07. The maximum absolute atomic E-state index is 11.5. The van der Waals surface area contributed by atoms with Gasteiger partial charge in [0, 0.05) is 22.4 Å². The topological polar surface area (TPSA) is 17.1 Å². The normalized spacial score (nSPS) is 25.9. The smallest absolute Gasteiger partial charge is 0.136 e. The molecule has 1 aromatic rings. The van der Waals surface area contributed by atoms with Gasteiger partial charge in [0.2, 0.25) is 0 Å². The van der Waals surface area contributed by atoms with Gasteiger partial charge in [-0.15, -0.1) is 0 Å². The minimum Gasteiger partial charge on any atom is -0.299 e. The third kappa shape index (κ3) is 2.04. The molecule has 0 saturated heterocycles. The van der Waals surface area contributed by atoms with Crippen molar-refractivity contribution in [2.45, 2.75) is 25.7 Å². The van der Waals surface area contributed by atoms with Gasteiger partial charge in [-0.25, -0.2) is 0 Å². The first-order chi connectivity index (χ1) is 7.09. The van der Waals surface area contributed by atoms with Crippen LogP contribution < -0.4 is 0 Å². The number of benzene rings is 1. The van der Waals surface area contributed by atoms with Gasteiger partial charge in [0.25, 0.3) is 0 Å². The number of hydrogen-bond donors (Lipinski definition) is 0. The lowest BCUT2D eigenvalue weighted by atomic mass is 9.90. The number of rotatable bonds is 1. The fraction of sp³-hybridized carbons (Fsp3) is 0.417. The van der Waals surface area contributed by atoms with E-state index in [1.165, 1.54) is 0 Å². The summed E-state index contributed by atoms with van der Waals surface area (Å²) in [5.41, 5.74) is 1.06. The molecule has 3 heteroatoms. The van der Waals surface area contributed by atoms with E-state index in [1.807, 2.05) is 19.1 Å². The van der Waals surface area contributed by atoms with E-state index in [4.69, 9.17) is 23.2 Å². The standard InChI is InChI=1S/C12H12Cl2O/c1-7-9(4-5-12(7)15)10-3-2-8(13)6-11(10)14/h2-3,6-7,9H,4-5H2,1H3. The molecule has 2 rings (SSSR count). The number of hydrogen-bond acceptors (Lipinski definition) is 1. The molecule has 15 heavy (non-hydrogen) atoms. The molecule has 0 aliphatic heterocycles. The molecule has 1 fully saturated rings. The summed E-state index contributed by atoms with van der Waals surface area (Å²) in [7, 11) is 0. The summed E-state index contributed by atoms with van der Waals surface area (Å²) in [5, 5.41) is 1.31. The molecule has 1 aliphatic carbocycles. The van der Waals surface area contributed by atoms with Crippen LogP contribution in [0.25, 0.3) is 0 Å². The van der Waals surface area contributed by atoms with E-state index in [0.717, 1.165) is 12.0 Å². The number of ketones is 1. The van der Waals surface area contributed by atoms with Crippen molar-refractivity contribution in [3.63, 3.8) is 0 Å². The third-order valence-corrected chi connectivity index (χ3v) is 3.74. The SMILES string of the molecule is CC1C(=O)CCC1c1ccc(Cl)cc1Cl. The van der Waals surface area contributed by atoms with Crippen LogP contribution in [0.3, 0.4) is 0 Å². The van der Waals surface area contributed by atoms with Gasteiger partial charge in [-0.2, -0.15) is 0 Å². The van der Waals surface area contributed by atoms with Gasteiger partial charge in [-0.05, 0) is 30.0 Å². The predicted octanol–water partition coefficient (Wildman–Crippen LogP) is 4.08. The number of Topliss-reactive ketones (excluding diaryl/α,β-unsaturated/α-hetero) is 1.